The highest BCUT2D eigenvalue weighted by molar-refractivity contribution is 5.64. The van der Waals surface area contributed by atoms with Gasteiger partial charge in [0.1, 0.15) is 5.82 Å². The largest absolute Gasteiger partial charge is 0.342 e. The molecule has 0 saturated heterocycles. The Balaban J connectivity index is 2.06. The van der Waals surface area contributed by atoms with Gasteiger partial charge in [-0.3, -0.25) is 0 Å². The van der Waals surface area contributed by atoms with Gasteiger partial charge in [0, 0.05) is 23.4 Å². The minimum absolute atomic E-state index is 0.741. The fourth-order valence-electron chi connectivity index (χ4n) is 2.25. The highest BCUT2D eigenvalue weighted by Crippen LogP contribution is 2.39. The zero-order chi connectivity index (χ0) is 11.1. The second kappa shape index (κ2) is 3.48. The first kappa shape index (κ1) is 9.64. The van der Waals surface area contributed by atoms with E-state index in [-0.39, 0.29) is 0 Å². The zero-order valence-corrected chi connectivity index (χ0v) is 9.75. The molecule has 0 bridgehead atoms. The standard InChI is InChI=1S/C14H16N2/c1-9-4-3-5-10(2)13(9)14-15-8-12(16-14)11-6-7-11/h3-5,8,11H,6-7H2,1-2H3,(H,15,16). The summed E-state index contributed by atoms with van der Waals surface area (Å²) in [5.41, 5.74) is 5.14. The predicted octanol–water partition coefficient (Wildman–Crippen LogP) is 3.57. The van der Waals surface area contributed by atoms with Gasteiger partial charge in [-0.05, 0) is 37.8 Å². The molecule has 1 aliphatic carbocycles. The van der Waals surface area contributed by atoms with Crippen molar-refractivity contribution in [2.45, 2.75) is 32.6 Å². The van der Waals surface area contributed by atoms with E-state index in [4.69, 9.17) is 0 Å². The van der Waals surface area contributed by atoms with Crippen LogP contribution in [0.1, 0.15) is 35.6 Å². The molecule has 1 saturated carbocycles. The highest BCUT2D eigenvalue weighted by Gasteiger charge is 2.25. The lowest BCUT2D eigenvalue weighted by Gasteiger charge is -2.06. The van der Waals surface area contributed by atoms with E-state index in [1.807, 2.05) is 6.20 Å². The molecule has 0 amide bonds. The van der Waals surface area contributed by atoms with Crippen LogP contribution in [0.5, 0.6) is 0 Å². The first-order valence-corrected chi connectivity index (χ1v) is 5.87. The van der Waals surface area contributed by atoms with Gasteiger partial charge in [0.15, 0.2) is 0 Å². The number of rotatable bonds is 2. The van der Waals surface area contributed by atoms with Gasteiger partial charge in [-0.2, -0.15) is 0 Å². The number of nitrogens with zero attached hydrogens (tertiary/aromatic N) is 1. The molecule has 0 atom stereocenters. The average molecular weight is 212 g/mol. The zero-order valence-electron chi connectivity index (χ0n) is 9.75. The van der Waals surface area contributed by atoms with Crippen molar-refractivity contribution >= 4 is 0 Å². The number of aromatic nitrogens is 2. The van der Waals surface area contributed by atoms with E-state index in [1.54, 1.807) is 0 Å². The third-order valence-electron chi connectivity index (χ3n) is 3.33. The molecule has 82 valence electrons. The number of H-pyrrole nitrogens is 1. The fourth-order valence-corrected chi connectivity index (χ4v) is 2.25. The van der Waals surface area contributed by atoms with Crippen molar-refractivity contribution in [2.24, 2.45) is 0 Å². The van der Waals surface area contributed by atoms with Crippen molar-refractivity contribution in [3.8, 4) is 11.4 Å². The molecule has 0 spiro atoms. The van der Waals surface area contributed by atoms with Crippen LogP contribution in [0.2, 0.25) is 0 Å². The van der Waals surface area contributed by atoms with Gasteiger partial charge in [-0.15, -0.1) is 0 Å². The van der Waals surface area contributed by atoms with Crippen LogP contribution >= 0.6 is 0 Å². The Kier molecular flexibility index (Phi) is 2.10. The van der Waals surface area contributed by atoms with Gasteiger partial charge in [0.25, 0.3) is 0 Å². The first-order chi connectivity index (χ1) is 7.75. The van der Waals surface area contributed by atoms with Crippen molar-refractivity contribution in [3.63, 3.8) is 0 Å². The maximum Gasteiger partial charge on any atom is 0.138 e. The molecule has 1 aromatic heterocycles. The van der Waals surface area contributed by atoms with Crippen LogP contribution in [0.15, 0.2) is 24.4 Å². The van der Waals surface area contributed by atoms with Crippen LogP contribution in [0, 0.1) is 13.8 Å². The summed E-state index contributed by atoms with van der Waals surface area (Å²) < 4.78 is 0. The van der Waals surface area contributed by atoms with E-state index < -0.39 is 0 Å². The number of aryl methyl sites for hydroxylation is 2. The van der Waals surface area contributed by atoms with Crippen LogP contribution in [0.3, 0.4) is 0 Å². The lowest BCUT2D eigenvalue weighted by molar-refractivity contribution is 1.05. The lowest BCUT2D eigenvalue weighted by Crippen LogP contribution is -1.89. The molecule has 1 aromatic carbocycles. The van der Waals surface area contributed by atoms with Gasteiger partial charge in [0.05, 0.1) is 0 Å². The Bertz CT molecular complexity index is 501. The van der Waals surface area contributed by atoms with Crippen molar-refractivity contribution < 1.29 is 0 Å². The van der Waals surface area contributed by atoms with Crippen LogP contribution < -0.4 is 0 Å². The van der Waals surface area contributed by atoms with Gasteiger partial charge in [-0.1, -0.05) is 18.2 Å². The molecule has 1 fully saturated rings. The molecule has 16 heavy (non-hydrogen) atoms. The van der Waals surface area contributed by atoms with E-state index in [0.29, 0.717) is 0 Å². The Morgan fingerprint density at radius 1 is 1.19 bits per heavy atom. The minimum atomic E-state index is 0.741. The molecule has 0 radical (unpaired) electrons. The van der Waals surface area contributed by atoms with Crippen LogP contribution in [0.25, 0.3) is 11.4 Å². The Morgan fingerprint density at radius 2 is 1.88 bits per heavy atom. The first-order valence-electron chi connectivity index (χ1n) is 5.87. The topological polar surface area (TPSA) is 28.7 Å². The summed E-state index contributed by atoms with van der Waals surface area (Å²) in [4.78, 5) is 7.98. The van der Waals surface area contributed by atoms with Crippen molar-refractivity contribution in [2.75, 3.05) is 0 Å². The monoisotopic (exact) mass is 212 g/mol. The molecule has 0 aliphatic heterocycles. The SMILES string of the molecule is Cc1cccc(C)c1-c1ncc(C2CC2)[nH]1. The van der Waals surface area contributed by atoms with E-state index >= 15 is 0 Å². The van der Waals surface area contributed by atoms with Crippen LogP contribution in [-0.2, 0) is 0 Å². The Labute approximate surface area is 95.7 Å². The smallest absolute Gasteiger partial charge is 0.138 e. The second-order valence-electron chi connectivity index (χ2n) is 4.73. The molecule has 1 N–H and O–H groups in total. The third kappa shape index (κ3) is 1.54. The Hall–Kier alpha value is -1.57. The van der Waals surface area contributed by atoms with E-state index in [2.05, 4.69) is 42.0 Å². The maximum atomic E-state index is 4.51. The van der Waals surface area contributed by atoms with Crippen molar-refractivity contribution in [1.29, 1.82) is 0 Å². The summed E-state index contributed by atoms with van der Waals surface area (Å²) in [5, 5.41) is 0. The summed E-state index contributed by atoms with van der Waals surface area (Å²) in [5.74, 6) is 1.77. The lowest BCUT2D eigenvalue weighted by atomic mass is 10.0. The maximum absolute atomic E-state index is 4.51. The van der Waals surface area contributed by atoms with Crippen molar-refractivity contribution in [1.82, 2.24) is 9.97 Å². The predicted molar refractivity (Wildman–Crippen MR) is 65.5 cm³/mol. The Morgan fingerprint density at radius 3 is 2.50 bits per heavy atom. The molecule has 2 aromatic rings. The molecule has 1 aliphatic rings. The van der Waals surface area contributed by atoms with E-state index in [0.717, 1.165) is 11.7 Å². The second-order valence-corrected chi connectivity index (χ2v) is 4.73. The minimum Gasteiger partial charge on any atom is -0.342 e. The number of benzene rings is 1. The van der Waals surface area contributed by atoms with E-state index in [9.17, 15) is 0 Å². The van der Waals surface area contributed by atoms with Crippen molar-refractivity contribution in [3.05, 3.63) is 41.2 Å². The van der Waals surface area contributed by atoms with Gasteiger partial charge >= 0.3 is 0 Å². The molecule has 1 heterocycles. The third-order valence-corrected chi connectivity index (χ3v) is 3.33. The molecule has 2 nitrogen and oxygen atoms in total. The molecular formula is C14H16N2. The van der Waals surface area contributed by atoms with Gasteiger partial charge in [-0.25, -0.2) is 4.98 Å². The normalized spacial score (nSPS) is 15.4. The van der Waals surface area contributed by atoms with Gasteiger partial charge in [0.2, 0.25) is 0 Å². The molecule has 0 unspecified atom stereocenters. The highest BCUT2D eigenvalue weighted by atomic mass is 14.9. The molecule has 2 heteroatoms. The summed E-state index contributed by atoms with van der Waals surface area (Å²) in [6, 6.07) is 6.38. The summed E-state index contributed by atoms with van der Waals surface area (Å²) >= 11 is 0. The number of imidazole rings is 1. The average Bonchev–Trinajstić information content (AvgIpc) is 2.99. The summed E-state index contributed by atoms with van der Waals surface area (Å²) in [6.45, 7) is 4.28. The summed E-state index contributed by atoms with van der Waals surface area (Å²) in [7, 11) is 0. The number of hydrogen-bond donors (Lipinski definition) is 1. The fraction of sp³-hybridized carbons (Fsp3) is 0.357. The van der Waals surface area contributed by atoms with Crippen LogP contribution in [0.4, 0.5) is 0 Å². The quantitative estimate of drug-likeness (QED) is 0.810. The van der Waals surface area contributed by atoms with Gasteiger partial charge < -0.3 is 4.98 Å². The number of hydrogen-bond acceptors (Lipinski definition) is 1. The number of aromatic amines is 1. The van der Waals surface area contributed by atoms with Crippen LogP contribution in [-0.4, -0.2) is 9.97 Å². The molecular weight excluding hydrogens is 196 g/mol. The number of nitrogens with one attached hydrogen (secondary N) is 1. The summed E-state index contributed by atoms with van der Waals surface area (Å²) in [6.07, 6.45) is 4.63. The van der Waals surface area contributed by atoms with E-state index in [1.165, 1.54) is 35.2 Å². The molecule has 3 rings (SSSR count).